The van der Waals surface area contributed by atoms with Crippen molar-refractivity contribution in [3.05, 3.63) is 35.5 Å². The molecule has 1 aromatic carbocycles. The van der Waals surface area contributed by atoms with Crippen molar-refractivity contribution in [3.8, 4) is 11.3 Å². The molecule has 26 heavy (non-hydrogen) atoms. The minimum absolute atomic E-state index is 0.231. The van der Waals surface area contributed by atoms with Crippen molar-refractivity contribution >= 4 is 22.4 Å². The second-order valence-corrected chi connectivity index (χ2v) is 8.11. The monoisotopic (exact) mass is 373 g/mol. The van der Waals surface area contributed by atoms with Crippen LogP contribution >= 0.6 is 11.3 Å². The molecule has 2 heterocycles. The van der Waals surface area contributed by atoms with Gasteiger partial charge in [-0.3, -0.25) is 4.79 Å². The van der Waals surface area contributed by atoms with Gasteiger partial charge in [0, 0.05) is 36.0 Å². The fourth-order valence-corrected chi connectivity index (χ4v) is 4.77. The van der Waals surface area contributed by atoms with Gasteiger partial charge in [0.25, 0.3) is 0 Å². The van der Waals surface area contributed by atoms with Crippen molar-refractivity contribution in [2.45, 2.75) is 44.6 Å². The molecule has 1 N–H and O–H groups in total. The lowest BCUT2D eigenvalue weighted by atomic mass is 10.0. The number of carbonyl (C=O) groups excluding carboxylic acids is 1. The van der Waals surface area contributed by atoms with E-state index >= 15 is 0 Å². The zero-order valence-corrected chi connectivity index (χ0v) is 15.6. The van der Waals surface area contributed by atoms with Gasteiger partial charge in [-0.25, -0.2) is 9.37 Å². The van der Waals surface area contributed by atoms with Crippen LogP contribution in [0, 0.1) is 11.7 Å². The van der Waals surface area contributed by atoms with Gasteiger partial charge in [-0.1, -0.05) is 12.8 Å². The van der Waals surface area contributed by atoms with E-state index in [4.69, 9.17) is 4.98 Å². The summed E-state index contributed by atoms with van der Waals surface area (Å²) < 4.78 is 13.1. The molecule has 2 fully saturated rings. The van der Waals surface area contributed by atoms with Crippen molar-refractivity contribution in [2.75, 3.05) is 18.0 Å². The van der Waals surface area contributed by atoms with Gasteiger partial charge in [-0.2, -0.15) is 0 Å². The first kappa shape index (κ1) is 17.5. The minimum atomic E-state index is -0.231. The third-order valence-electron chi connectivity index (χ3n) is 5.47. The van der Waals surface area contributed by atoms with Crippen LogP contribution in [0.4, 0.5) is 9.52 Å². The number of nitrogens with one attached hydrogen (secondary N) is 1. The quantitative estimate of drug-likeness (QED) is 0.873. The van der Waals surface area contributed by atoms with Gasteiger partial charge < -0.3 is 10.2 Å². The molecular weight excluding hydrogens is 349 g/mol. The first-order valence-corrected chi connectivity index (χ1v) is 10.3. The lowest BCUT2D eigenvalue weighted by Crippen LogP contribution is -2.46. The van der Waals surface area contributed by atoms with Crippen LogP contribution in [0.2, 0.25) is 0 Å². The summed E-state index contributed by atoms with van der Waals surface area (Å²) in [6.07, 6.45) is 6.41. The zero-order chi connectivity index (χ0) is 17.9. The predicted molar refractivity (Wildman–Crippen MR) is 103 cm³/mol. The Morgan fingerprint density at radius 3 is 2.50 bits per heavy atom. The Hall–Kier alpha value is -1.95. The molecule has 2 aromatic rings. The van der Waals surface area contributed by atoms with Gasteiger partial charge in [0.1, 0.15) is 5.82 Å². The summed E-state index contributed by atoms with van der Waals surface area (Å²) in [5, 5.41) is 6.28. The van der Waals surface area contributed by atoms with Gasteiger partial charge in [0.2, 0.25) is 5.91 Å². The van der Waals surface area contributed by atoms with E-state index < -0.39 is 0 Å². The molecule has 0 atom stereocenters. The first-order chi connectivity index (χ1) is 12.7. The molecule has 1 saturated heterocycles. The Bertz CT molecular complexity index is 747. The highest BCUT2D eigenvalue weighted by molar-refractivity contribution is 7.14. The molecule has 0 spiro atoms. The number of halogens is 1. The maximum absolute atomic E-state index is 13.1. The first-order valence-electron chi connectivity index (χ1n) is 9.46. The summed E-state index contributed by atoms with van der Waals surface area (Å²) in [5.41, 5.74) is 1.83. The number of aromatic nitrogens is 1. The van der Waals surface area contributed by atoms with Gasteiger partial charge in [-0.05, 0) is 49.9 Å². The van der Waals surface area contributed by atoms with Crippen molar-refractivity contribution in [1.82, 2.24) is 10.3 Å². The van der Waals surface area contributed by atoms with E-state index in [0.29, 0.717) is 0 Å². The van der Waals surface area contributed by atoms with Gasteiger partial charge >= 0.3 is 0 Å². The molecule has 0 unspecified atom stereocenters. The second-order valence-electron chi connectivity index (χ2n) is 7.27. The topological polar surface area (TPSA) is 45.2 Å². The Labute approximate surface area is 157 Å². The average molecular weight is 373 g/mol. The van der Waals surface area contributed by atoms with E-state index in [1.807, 2.05) is 5.38 Å². The van der Waals surface area contributed by atoms with Gasteiger partial charge in [-0.15, -0.1) is 11.3 Å². The molecule has 1 amide bonds. The molecular formula is C20H24FN3OS. The van der Waals surface area contributed by atoms with Crippen LogP contribution in [0.15, 0.2) is 29.6 Å². The fourth-order valence-electron chi connectivity index (χ4n) is 3.88. The summed E-state index contributed by atoms with van der Waals surface area (Å²) >= 11 is 1.62. The zero-order valence-electron chi connectivity index (χ0n) is 14.8. The van der Waals surface area contributed by atoms with Gasteiger partial charge in [0.05, 0.1) is 5.69 Å². The van der Waals surface area contributed by atoms with Crippen molar-refractivity contribution in [3.63, 3.8) is 0 Å². The Morgan fingerprint density at radius 1 is 1.12 bits per heavy atom. The number of anilines is 1. The Balaban J connectivity index is 1.32. The predicted octanol–water partition coefficient (Wildman–Crippen LogP) is 4.22. The maximum Gasteiger partial charge on any atom is 0.223 e. The molecule has 4 nitrogen and oxygen atoms in total. The van der Waals surface area contributed by atoms with Crippen molar-refractivity contribution in [1.29, 1.82) is 0 Å². The highest BCUT2D eigenvalue weighted by atomic mass is 32.1. The molecule has 2 aliphatic rings. The fraction of sp³-hybridized carbons (Fsp3) is 0.500. The standard InChI is InChI=1S/C20H24FN3OS/c21-16-7-5-14(6-8-16)18-13-26-20(23-18)24-11-9-17(10-12-24)22-19(25)15-3-1-2-4-15/h5-8,13,15,17H,1-4,9-12H2,(H,22,25). The van der Waals surface area contributed by atoms with E-state index in [0.717, 1.165) is 55.2 Å². The minimum Gasteiger partial charge on any atom is -0.353 e. The van der Waals surface area contributed by atoms with E-state index in [9.17, 15) is 9.18 Å². The molecule has 138 valence electrons. The molecule has 0 radical (unpaired) electrons. The number of carbonyl (C=O) groups is 1. The number of nitrogens with zero attached hydrogens (tertiary/aromatic N) is 2. The SMILES string of the molecule is O=C(NC1CCN(c2nc(-c3ccc(F)cc3)cs2)CC1)C1CCCC1. The number of hydrogen-bond donors (Lipinski definition) is 1. The van der Waals surface area contributed by atoms with E-state index in [1.54, 1.807) is 23.5 Å². The number of benzene rings is 1. The van der Waals surface area contributed by atoms with E-state index in [1.165, 1.54) is 25.0 Å². The highest BCUT2D eigenvalue weighted by Gasteiger charge is 2.27. The van der Waals surface area contributed by atoms with Crippen LogP contribution in [0.5, 0.6) is 0 Å². The number of piperidine rings is 1. The Morgan fingerprint density at radius 2 is 1.81 bits per heavy atom. The summed E-state index contributed by atoms with van der Waals surface area (Å²) in [7, 11) is 0. The smallest absolute Gasteiger partial charge is 0.223 e. The molecule has 0 bridgehead atoms. The number of hydrogen-bond acceptors (Lipinski definition) is 4. The van der Waals surface area contributed by atoms with E-state index in [-0.39, 0.29) is 23.7 Å². The number of rotatable bonds is 4. The number of thiazole rings is 1. The van der Waals surface area contributed by atoms with Crippen LogP contribution < -0.4 is 10.2 Å². The lowest BCUT2D eigenvalue weighted by molar-refractivity contribution is -0.125. The van der Waals surface area contributed by atoms with Crippen LogP contribution in [-0.2, 0) is 4.79 Å². The maximum atomic E-state index is 13.1. The van der Waals surface area contributed by atoms with Crippen molar-refractivity contribution in [2.24, 2.45) is 5.92 Å². The van der Waals surface area contributed by atoms with E-state index in [2.05, 4.69) is 10.2 Å². The molecule has 1 aliphatic heterocycles. The molecule has 4 rings (SSSR count). The van der Waals surface area contributed by atoms with Crippen LogP contribution in [0.25, 0.3) is 11.3 Å². The van der Waals surface area contributed by atoms with Crippen LogP contribution in [0.1, 0.15) is 38.5 Å². The van der Waals surface area contributed by atoms with Crippen LogP contribution in [-0.4, -0.2) is 30.0 Å². The van der Waals surface area contributed by atoms with Crippen molar-refractivity contribution < 1.29 is 9.18 Å². The average Bonchev–Trinajstić information content (AvgIpc) is 3.35. The molecule has 1 aliphatic carbocycles. The lowest BCUT2D eigenvalue weighted by Gasteiger charge is -2.32. The second kappa shape index (κ2) is 7.74. The molecule has 6 heteroatoms. The molecule has 1 aromatic heterocycles. The number of amides is 1. The normalized spacial score (nSPS) is 19.0. The summed E-state index contributed by atoms with van der Waals surface area (Å²) in [5.74, 6) is 0.269. The molecule has 1 saturated carbocycles. The van der Waals surface area contributed by atoms with Gasteiger partial charge in [0.15, 0.2) is 5.13 Å². The summed E-state index contributed by atoms with van der Waals surface area (Å²) in [6, 6.07) is 6.74. The third kappa shape index (κ3) is 3.90. The summed E-state index contributed by atoms with van der Waals surface area (Å²) in [6.45, 7) is 1.82. The summed E-state index contributed by atoms with van der Waals surface area (Å²) in [4.78, 5) is 19.3. The van der Waals surface area contributed by atoms with Crippen LogP contribution in [0.3, 0.4) is 0 Å². The largest absolute Gasteiger partial charge is 0.353 e. The Kier molecular flexibility index (Phi) is 5.20. The third-order valence-corrected chi connectivity index (χ3v) is 6.37. The highest BCUT2D eigenvalue weighted by Crippen LogP contribution is 2.30.